The molecular formula is C49H66N8O11S3. The fourth-order valence-corrected chi connectivity index (χ4v) is 13.0. The Morgan fingerprint density at radius 2 is 1.70 bits per heavy atom. The topological polar surface area (TPSA) is 256 Å². The third-order valence-electron chi connectivity index (χ3n) is 13.8. The molecule has 5 N–H and O–H groups in total. The zero-order valence-electron chi connectivity index (χ0n) is 39.9. The van der Waals surface area contributed by atoms with Crippen molar-refractivity contribution >= 4 is 64.6 Å². The number of hydrogen-bond acceptors (Lipinski definition) is 15. The van der Waals surface area contributed by atoms with Crippen LogP contribution in [0.15, 0.2) is 54.7 Å². The Kier molecular flexibility index (Phi) is 16.6. The van der Waals surface area contributed by atoms with E-state index in [4.69, 9.17) is 28.7 Å². The van der Waals surface area contributed by atoms with Crippen LogP contribution in [-0.4, -0.2) is 138 Å². The Labute approximate surface area is 419 Å². The number of carboxylic acid groups (broad SMARTS) is 1. The van der Waals surface area contributed by atoms with E-state index in [-0.39, 0.29) is 68.0 Å². The standard InChI is InChI=1S/C48H62N8O11S3.CH4/c1-31-23-47(3)25-33(66-20-17-54(4)18-22-70(63,64)65)26-48(24-31,29-47)30-56-32(2)37(27-50-56)35-10-12-42(52-43(35)45(58)59)55-16-13-34-38(28-55)36(9-11-40(34)67-19-14-49-15-21-69(60,61)62)44(57)53-46-51-39-7-5-6-8-41(39)68-46;/h5-12,27,31,33,49H,13-26,28-30H2,1-4H3,(H,58,59)(H,51,53,57)(H,60,61,62)(H,63,64,65);1H4. The number of benzene rings is 2. The van der Waals surface area contributed by atoms with Crippen LogP contribution in [0, 0.1) is 23.7 Å². The number of carboxylic acids is 1. The molecule has 4 unspecified atom stereocenters. The highest BCUT2D eigenvalue weighted by molar-refractivity contribution is 7.86. The number of hydrogen-bond donors (Lipinski definition) is 5. The quantitative estimate of drug-likeness (QED) is 0.0379. The van der Waals surface area contributed by atoms with Crippen molar-refractivity contribution in [1.29, 1.82) is 0 Å². The van der Waals surface area contributed by atoms with E-state index in [1.807, 2.05) is 45.7 Å². The number of likely N-dealkylation sites (N-methyl/N-ethyl adjacent to an activating group) is 1. The van der Waals surface area contributed by atoms with Gasteiger partial charge in [-0.25, -0.2) is 14.8 Å². The van der Waals surface area contributed by atoms with E-state index in [1.165, 1.54) is 11.3 Å². The van der Waals surface area contributed by atoms with Gasteiger partial charge in [0.2, 0.25) is 0 Å². The third kappa shape index (κ3) is 13.3. The highest BCUT2D eigenvalue weighted by Gasteiger charge is 2.51. The zero-order chi connectivity index (χ0) is 50.0. The van der Waals surface area contributed by atoms with Gasteiger partial charge in [-0.1, -0.05) is 44.7 Å². The van der Waals surface area contributed by atoms with Crippen LogP contribution in [-0.2, 0) is 44.5 Å². The summed E-state index contributed by atoms with van der Waals surface area (Å²) in [5.74, 6) is -0.823. The van der Waals surface area contributed by atoms with E-state index in [2.05, 4.69) is 29.5 Å². The van der Waals surface area contributed by atoms with Crippen LogP contribution >= 0.6 is 11.3 Å². The lowest BCUT2D eigenvalue weighted by atomic mass is 9.52. The van der Waals surface area contributed by atoms with Gasteiger partial charge in [-0.15, -0.1) is 0 Å². The molecule has 3 aromatic heterocycles. The molecule has 8 rings (SSSR count). The van der Waals surface area contributed by atoms with Crippen LogP contribution in [0.3, 0.4) is 0 Å². The molecule has 2 saturated carbocycles. The molecule has 4 atom stereocenters. The van der Waals surface area contributed by atoms with Gasteiger partial charge in [-0.3, -0.25) is 23.9 Å². The molecule has 1 amide bonds. The van der Waals surface area contributed by atoms with E-state index >= 15 is 0 Å². The van der Waals surface area contributed by atoms with Gasteiger partial charge in [-0.2, -0.15) is 21.9 Å². The van der Waals surface area contributed by atoms with Crippen LogP contribution in [0.2, 0.25) is 0 Å². The summed E-state index contributed by atoms with van der Waals surface area (Å²) in [6, 6.07) is 14.6. The minimum Gasteiger partial charge on any atom is -0.492 e. The SMILES string of the molecule is C.Cc1c(-c2ccc(N3CCc4c(OCCNCCS(=O)(=O)O)ccc(C(=O)Nc5nc6ccccc6s5)c4C3)nc2C(=O)O)cnn1CC12CC(C)CC(C)(CC(OCCN(C)CCS(=O)(=O)O)C1)C2. The minimum absolute atomic E-state index is 0. The van der Waals surface area contributed by atoms with E-state index in [9.17, 15) is 31.5 Å². The number of thiazole rings is 1. The highest BCUT2D eigenvalue weighted by Crippen LogP contribution is 2.58. The van der Waals surface area contributed by atoms with E-state index in [0.717, 1.165) is 53.6 Å². The number of amides is 1. The minimum atomic E-state index is -4.10. The van der Waals surface area contributed by atoms with Gasteiger partial charge in [0.15, 0.2) is 10.8 Å². The Hall–Kier alpha value is -5.07. The van der Waals surface area contributed by atoms with Crippen molar-refractivity contribution in [2.45, 2.75) is 85.9 Å². The number of rotatable bonds is 21. The summed E-state index contributed by atoms with van der Waals surface area (Å²) in [6.07, 6.45) is 7.03. The average molecular weight is 1040 g/mol. The second-order valence-electron chi connectivity index (χ2n) is 19.7. The molecule has 0 radical (unpaired) electrons. The first-order valence-corrected chi connectivity index (χ1v) is 27.6. The molecule has 22 heteroatoms. The maximum Gasteiger partial charge on any atom is 0.355 e. The van der Waals surface area contributed by atoms with Gasteiger partial charge in [0.1, 0.15) is 18.2 Å². The fraction of sp³-hybridized carbons (Fsp3) is 0.531. The molecule has 386 valence electrons. The van der Waals surface area contributed by atoms with Gasteiger partial charge in [0, 0.05) is 73.8 Å². The predicted octanol–water partition coefficient (Wildman–Crippen LogP) is 6.68. The summed E-state index contributed by atoms with van der Waals surface area (Å²) in [5.41, 5.74) is 4.44. The number of aromatic nitrogens is 4. The Bertz CT molecular complexity index is 2930. The normalized spacial score (nSPS) is 21.2. The van der Waals surface area contributed by atoms with Gasteiger partial charge in [0.25, 0.3) is 26.1 Å². The summed E-state index contributed by atoms with van der Waals surface area (Å²) >= 11 is 1.37. The van der Waals surface area contributed by atoms with Crippen LogP contribution in [0.25, 0.3) is 21.3 Å². The zero-order valence-corrected chi connectivity index (χ0v) is 42.3. The molecule has 2 aliphatic carbocycles. The summed E-state index contributed by atoms with van der Waals surface area (Å²) in [6.45, 7) is 9.63. The summed E-state index contributed by atoms with van der Waals surface area (Å²) < 4.78 is 78.6. The van der Waals surface area contributed by atoms with E-state index < -0.39 is 32.0 Å². The third-order valence-corrected chi connectivity index (χ3v) is 16.2. The van der Waals surface area contributed by atoms with E-state index in [0.29, 0.717) is 84.1 Å². The Morgan fingerprint density at radius 1 is 0.930 bits per heavy atom. The Balaban J connectivity index is 0.00000741. The Morgan fingerprint density at radius 3 is 2.45 bits per heavy atom. The first-order chi connectivity index (χ1) is 33.2. The monoisotopic (exact) mass is 1040 g/mol. The maximum absolute atomic E-state index is 14.0. The van der Waals surface area contributed by atoms with Crippen LogP contribution in [0.4, 0.5) is 10.9 Å². The molecule has 19 nitrogen and oxygen atoms in total. The van der Waals surface area contributed by atoms with Gasteiger partial charge < -0.3 is 29.7 Å². The molecule has 2 fully saturated rings. The highest BCUT2D eigenvalue weighted by atomic mass is 32.2. The number of pyridine rings is 1. The van der Waals surface area contributed by atoms with Crippen molar-refractivity contribution in [3.63, 3.8) is 0 Å². The number of nitrogens with one attached hydrogen (secondary N) is 2. The van der Waals surface area contributed by atoms with Crippen molar-refractivity contribution in [2.75, 3.05) is 74.7 Å². The van der Waals surface area contributed by atoms with E-state index in [1.54, 1.807) is 37.5 Å². The van der Waals surface area contributed by atoms with Crippen molar-refractivity contribution in [3.8, 4) is 16.9 Å². The number of ether oxygens (including phenoxy) is 2. The largest absolute Gasteiger partial charge is 0.492 e. The van der Waals surface area contributed by atoms with Crippen molar-refractivity contribution in [2.24, 2.45) is 16.7 Å². The molecule has 71 heavy (non-hydrogen) atoms. The number of fused-ring (bicyclic) bond motifs is 4. The number of anilines is 2. The smallest absolute Gasteiger partial charge is 0.355 e. The molecule has 0 spiro atoms. The maximum atomic E-state index is 14.0. The lowest BCUT2D eigenvalue weighted by molar-refractivity contribution is -0.111. The molecule has 3 aliphatic rings. The average Bonchev–Trinajstić information content (AvgIpc) is 3.86. The summed E-state index contributed by atoms with van der Waals surface area (Å²) in [7, 11) is -6.34. The molecule has 0 saturated heterocycles. The van der Waals surface area contributed by atoms with Crippen LogP contribution in [0.1, 0.15) is 91.0 Å². The van der Waals surface area contributed by atoms with Crippen LogP contribution < -0.4 is 20.3 Å². The van der Waals surface area contributed by atoms with Crippen molar-refractivity contribution < 1.29 is 50.1 Å². The second-order valence-corrected chi connectivity index (χ2v) is 23.9. The predicted molar refractivity (Wildman–Crippen MR) is 274 cm³/mol. The molecule has 2 aromatic carbocycles. The molecule has 2 bridgehead atoms. The number of nitrogens with zero attached hydrogens (tertiary/aromatic N) is 6. The second kappa shape index (κ2) is 22.0. The fourth-order valence-electron chi connectivity index (χ4n) is 11.2. The van der Waals surface area contributed by atoms with Crippen molar-refractivity contribution in [3.05, 3.63) is 82.8 Å². The summed E-state index contributed by atoms with van der Waals surface area (Å²) in [4.78, 5) is 40.2. The molecule has 5 aromatic rings. The number of aromatic carboxylic acids is 1. The number of carbonyl (C=O) groups excluding carboxylic acids is 1. The van der Waals surface area contributed by atoms with Gasteiger partial charge >= 0.3 is 5.97 Å². The van der Waals surface area contributed by atoms with Gasteiger partial charge in [-0.05, 0) is 111 Å². The lowest BCUT2D eigenvalue weighted by Crippen LogP contribution is -2.49. The van der Waals surface area contributed by atoms with Gasteiger partial charge in [0.05, 0.1) is 40.6 Å². The first kappa shape index (κ1) is 53.7. The lowest BCUT2D eigenvalue weighted by Gasteiger charge is -2.55. The summed E-state index contributed by atoms with van der Waals surface area (Å²) in [5, 5.41) is 21.9. The molecule has 1 aliphatic heterocycles. The van der Waals surface area contributed by atoms with Crippen LogP contribution in [0.5, 0.6) is 5.75 Å². The van der Waals surface area contributed by atoms with Crippen molar-refractivity contribution in [1.82, 2.24) is 30.0 Å². The first-order valence-electron chi connectivity index (χ1n) is 23.5. The number of para-hydroxylation sites is 1. The number of carbonyl (C=O) groups is 2. The molecule has 4 heterocycles. The molecular weight excluding hydrogens is 973 g/mol.